The van der Waals surface area contributed by atoms with E-state index in [1.807, 2.05) is 6.92 Å². The van der Waals surface area contributed by atoms with Crippen LogP contribution in [0.5, 0.6) is 0 Å². The minimum Gasteiger partial charge on any atom is -0.381 e. The Morgan fingerprint density at radius 2 is 1.40 bits per heavy atom. The second-order valence-electron chi connectivity index (χ2n) is 12.8. The molecule has 0 aromatic rings. The van der Waals surface area contributed by atoms with Crippen LogP contribution in [-0.2, 0) is 14.3 Å². The van der Waals surface area contributed by atoms with Crippen LogP contribution in [0.1, 0.15) is 125 Å². The van der Waals surface area contributed by atoms with Crippen molar-refractivity contribution in [2.45, 2.75) is 125 Å². The van der Waals surface area contributed by atoms with Gasteiger partial charge in [-0.15, -0.1) is 0 Å². The zero-order chi connectivity index (χ0) is 31.2. The molecule has 2 fully saturated rings. The molecule has 2 aliphatic rings. The molecule has 9 heteroatoms. The Morgan fingerprint density at radius 1 is 0.762 bits per heavy atom. The number of carbonyl (C=O) groups excluding carboxylic acids is 4. The Balaban J connectivity index is 1.66. The summed E-state index contributed by atoms with van der Waals surface area (Å²) in [5.74, 6) is 0.222. The third-order valence-corrected chi connectivity index (χ3v) is 10.7. The first-order valence-electron chi connectivity index (χ1n) is 16.8. The number of amides is 6. The van der Waals surface area contributed by atoms with Crippen LogP contribution in [0.15, 0.2) is 0 Å². The maximum Gasteiger partial charge on any atom is 0.327 e. The lowest BCUT2D eigenvalue weighted by Gasteiger charge is -2.37. The highest BCUT2D eigenvalue weighted by molar-refractivity contribution is 6.02. The van der Waals surface area contributed by atoms with Gasteiger partial charge in [0.15, 0.2) is 0 Å². The van der Waals surface area contributed by atoms with Crippen LogP contribution in [0.25, 0.3) is 0 Å². The normalized spacial score (nSPS) is 17.1. The van der Waals surface area contributed by atoms with Crippen molar-refractivity contribution >= 4 is 23.9 Å². The summed E-state index contributed by atoms with van der Waals surface area (Å²) >= 11 is 0. The second kappa shape index (κ2) is 17.8. The molecule has 2 heterocycles. The van der Waals surface area contributed by atoms with Gasteiger partial charge in [0.1, 0.15) is 13.1 Å². The van der Waals surface area contributed by atoms with Crippen molar-refractivity contribution in [2.75, 3.05) is 45.9 Å². The lowest BCUT2D eigenvalue weighted by Crippen LogP contribution is -2.34. The van der Waals surface area contributed by atoms with E-state index in [1.165, 1.54) is 11.3 Å². The van der Waals surface area contributed by atoms with Crippen LogP contribution in [-0.4, -0.2) is 84.5 Å². The number of nitrogens with one attached hydrogen (secondary N) is 1. The largest absolute Gasteiger partial charge is 0.381 e. The Kier molecular flexibility index (Phi) is 15.3. The SMILES string of the molecule is CCN1CC(=O)N(CCCCC(CC)(CC)CCCCOCCCC(CCN2CC(=O)NC2=O)C(C)(CC)CC)C1=O. The van der Waals surface area contributed by atoms with Gasteiger partial charge in [0, 0.05) is 32.8 Å². The van der Waals surface area contributed by atoms with Crippen molar-refractivity contribution in [1.29, 1.82) is 0 Å². The van der Waals surface area contributed by atoms with Crippen molar-refractivity contribution in [1.82, 2.24) is 20.0 Å². The monoisotopic (exact) mass is 592 g/mol. The third-order valence-electron chi connectivity index (χ3n) is 10.7. The van der Waals surface area contributed by atoms with Crippen molar-refractivity contribution in [3.8, 4) is 0 Å². The molecule has 6 amide bonds. The number of unbranched alkanes of at least 4 members (excludes halogenated alkanes) is 2. The number of hydrogen-bond donors (Lipinski definition) is 1. The summed E-state index contributed by atoms with van der Waals surface area (Å²) in [5, 5.41) is 2.38. The smallest absolute Gasteiger partial charge is 0.327 e. The van der Waals surface area contributed by atoms with Crippen molar-refractivity contribution < 1.29 is 23.9 Å². The zero-order valence-corrected chi connectivity index (χ0v) is 27.6. The molecule has 42 heavy (non-hydrogen) atoms. The molecule has 1 N–H and O–H groups in total. The average molecular weight is 593 g/mol. The second-order valence-corrected chi connectivity index (χ2v) is 12.8. The predicted molar refractivity (Wildman–Crippen MR) is 167 cm³/mol. The van der Waals surface area contributed by atoms with E-state index in [4.69, 9.17) is 4.74 Å². The van der Waals surface area contributed by atoms with Crippen molar-refractivity contribution in [3.05, 3.63) is 0 Å². The number of urea groups is 2. The van der Waals surface area contributed by atoms with E-state index in [0.717, 1.165) is 90.3 Å². The predicted octanol–water partition coefficient (Wildman–Crippen LogP) is 6.60. The summed E-state index contributed by atoms with van der Waals surface area (Å²) in [6.07, 6.45) is 13.9. The maximum atomic E-state index is 12.3. The van der Waals surface area contributed by atoms with Gasteiger partial charge in [-0.2, -0.15) is 0 Å². The molecule has 0 aliphatic carbocycles. The number of hydrogen-bond acceptors (Lipinski definition) is 5. The van der Waals surface area contributed by atoms with Gasteiger partial charge < -0.3 is 14.5 Å². The molecule has 0 radical (unpaired) electrons. The van der Waals surface area contributed by atoms with E-state index in [9.17, 15) is 19.2 Å². The maximum absolute atomic E-state index is 12.3. The summed E-state index contributed by atoms with van der Waals surface area (Å²) < 4.78 is 6.06. The molecule has 2 saturated heterocycles. The van der Waals surface area contributed by atoms with E-state index >= 15 is 0 Å². The topological polar surface area (TPSA) is 99.3 Å². The third kappa shape index (κ3) is 10.2. The minimum atomic E-state index is -0.259. The Labute approximate surface area is 255 Å². The number of nitrogens with zero attached hydrogens (tertiary/aromatic N) is 3. The van der Waals surface area contributed by atoms with Gasteiger partial charge in [-0.05, 0) is 68.6 Å². The highest BCUT2D eigenvalue weighted by Crippen LogP contribution is 2.40. The molecule has 1 unspecified atom stereocenters. The Morgan fingerprint density at radius 3 is 1.95 bits per heavy atom. The Hall–Kier alpha value is -2.16. The van der Waals surface area contributed by atoms with E-state index in [0.29, 0.717) is 31.0 Å². The molecule has 9 nitrogen and oxygen atoms in total. The quantitative estimate of drug-likeness (QED) is 0.106. The molecule has 0 saturated carbocycles. The van der Waals surface area contributed by atoms with E-state index in [1.54, 1.807) is 9.80 Å². The van der Waals surface area contributed by atoms with Gasteiger partial charge in [-0.1, -0.05) is 73.1 Å². The lowest BCUT2D eigenvalue weighted by molar-refractivity contribution is -0.125. The van der Waals surface area contributed by atoms with Gasteiger partial charge >= 0.3 is 12.1 Å². The first-order chi connectivity index (χ1) is 20.1. The molecule has 1 atom stereocenters. The summed E-state index contributed by atoms with van der Waals surface area (Å²) in [7, 11) is 0. The fourth-order valence-corrected chi connectivity index (χ4v) is 6.79. The first-order valence-corrected chi connectivity index (χ1v) is 16.8. The molecular formula is C33H60N4O5. The molecule has 242 valence electrons. The van der Waals surface area contributed by atoms with E-state index in [2.05, 4.69) is 39.9 Å². The molecule has 2 aliphatic heterocycles. The molecule has 0 spiro atoms. The number of ether oxygens (including phenoxy) is 1. The van der Waals surface area contributed by atoms with Gasteiger partial charge in [-0.3, -0.25) is 19.8 Å². The van der Waals surface area contributed by atoms with Crippen LogP contribution in [0.3, 0.4) is 0 Å². The minimum absolute atomic E-state index is 0.0619. The lowest BCUT2D eigenvalue weighted by atomic mass is 9.69. The van der Waals surface area contributed by atoms with E-state index < -0.39 is 0 Å². The Bertz CT molecular complexity index is 871. The fraction of sp³-hybridized carbons (Fsp3) is 0.879. The highest BCUT2D eigenvalue weighted by atomic mass is 16.5. The van der Waals surface area contributed by atoms with Crippen LogP contribution in [0.2, 0.25) is 0 Å². The molecular weight excluding hydrogens is 532 g/mol. The van der Waals surface area contributed by atoms with Crippen LogP contribution in [0, 0.1) is 16.7 Å². The number of rotatable bonds is 23. The molecule has 0 aromatic carbocycles. The van der Waals surface area contributed by atoms with Gasteiger partial charge in [0.05, 0.1) is 0 Å². The van der Waals surface area contributed by atoms with Gasteiger partial charge in [-0.25, -0.2) is 9.59 Å². The van der Waals surface area contributed by atoms with Gasteiger partial charge in [0.25, 0.3) is 0 Å². The fourth-order valence-electron chi connectivity index (χ4n) is 6.79. The highest BCUT2D eigenvalue weighted by Gasteiger charge is 2.35. The van der Waals surface area contributed by atoms with E-state index in [-0.39, 0.29) is 42.4 Å². The number of likely N-dealkylation sites (N-methyl/N-ethyl adjacent to an activating group) is 1. The van der Waals surface area contributed by atoms with Crippen LogP contribution in [0.4, 0.5) is 9.59 Å². The summed E-state index contributed by atoms with van der Waals surface area (Å²) in [4.78, 5) is 52.7. The summed E-state index contributed by atoms with van der Waals surface area (Å²) in [6, 6.07) is -0.390. The number of carbonyl (C=O) groups is 4. The number of imide groups is 2. The van der Waals surface area contributed by atoms with Gasteiger partial charge in [0.2, 0.25) is 11.8 Å². The standard InChI is InChI=1S/C33H60N4O5/c1-7-32(6,8-2)27(18-22-36-25-28(38)34-30(36)40)17-16-24-42-23-15-13-20-33(9-3,10-4)19-12-14-21-37-29(39)26-35(11-5)31(37)41/h27H,7-26H2,1-6H3,(H,34,38,40). The summed E-state index contributed by atoms with van der Waals surface area (Å²) in [6.45, 7) is 17.0. The molecule has 0 aromatic heterocycles. The van der Waals surface area contributed by atoms with Crippen LogP contribution >= 0.6 is 0 Å². The van der Waals surface area contributed by atoms with Crippen molar-refractivity contribution in [2.24, 2.45) is 16.7 Å². The average Bonchev–Trinajstić information content (AvgIpc) is 3.47. The zero-order valence-electron chi connectivity index (χ0n) is 27.6. The molecule has 0 bridgehead atoms. The molecule has 2 rings (SSSR count). The first kappa shape index (κ1) is 36.0. The van der Waals surface area contributed by atoms with Crippen LogP contribution < -0.4 is 5.32 Å². The summed E-state index contributed by atoms with van der Waals surface area (Å²) in [5.41, 5.74) is 0.544. The van der Waals surface area contributed by atoms with Crippen molar-refractivity contribution in [3.63, 3.8) is 0 Å².